The summed E-state index contributed by atoms with van der Waals surface area (Å²) >= 11 is 1.47. The fourth-order valence-electron chi connectivity index (χ4n) is 3.15. The number of carbonyl (C=O) groups is 1. The van der Waals surface area contributed by atoms with Crippen LogP contribution in [0.1, 0.15) is 23.2 Å². The topological polar surface area (TPSA) is 71.3 Å². The molecule has 2 amide bonds. The van der Waals surface area contributed by atoms with Crippen molar-refractivity contribution in [2.24, 2.45) is 0 Å². The van der Waals surface area contributed by atoms with Crippen LogP contribution < -0.4 is 5.32 Å². The molecule has 0 radical (unpaired) electrons. The number of aromatic nitrogens is 2. The van der Waals surface area contributed by atoms with Crippen LogP contribution >= 0.6 is 11.3 Å². The van der Waals surface area contributed by atoms with Crippen molar-refractivity contribution in [2.75, 3.05) is 5.32 Å². The van der Waals surface area contributed by atoms with Crippen LogP contribution in [0.25, 0.3) is 11.5 Å². The molecule has 1 atom stereocenters. The van der Waals surface area contributed by atoms with Gasteiger partial charge in [-0.25, -0.2) is 22.9 Å². The lowest BCUT2D eigenvalue weighted by molar-refractivity contribution is 0.182. The molecule has 6 nitrogen and oxygen atoms in total. The third-order valence-corrected chi connectivity index (χ3v) is 5.34. The fraction of sp³-hybridized carbons (Fsp3) is 0.278. The van der Waals surface area contributed by atoms with Crippen LogP contribution in [-0.4, -0.2) is 27.1 Å². The monoisotopic (exact) mass is 408 g/mol. The highest BCUT2D eigenvalue weighted by atomic mass is 32.1. The average molecular weight is 408 g/mol. The Bertz CT molecular complexity index is 1040. The van der Waals surface area contributed by atoms with Gasteiger partial charge >= 0.3 is 6.03 Å². The van der Waals surface area contributed by atoms with E-state index in [0.717, 1.165) is 28.4 Å². The third-order valence-electron chi connectivity index (χ3n) is 4.57. The number of nitrogens with one attached hydrogen (secondary N) is 1. The van der Waals surface area contributed by atoms with E-state index >= 15 is 0 Å². The Morgan fingerprint density at radius 1 is 1.32 bits per heavy atom. The quantitative estimate of drug-likeness (QED) is 0.634. The zero-order valence-electron chi connectivity index (χ0n) is 14.9. The molecule has 10 heteroatoms. The Labute approximate surface area is 162 Å². The maximum atomic E-state index is 13.4. The minimum Gasteiger partial charge on any atom is -0.354 e. The van der Waals surface area contributed by atoms with Gasteiger partial charge in [0.2, 0.25) is 0 Å². The maximum absolute atomic E-state index is 13.4. The highest BCUT2D eigenvalue weighted by Gasteiger charge is 2.33. The number of benzene rings is 1. The molecule has 1 aliphatic rings. The Kier molecular flexibility index (Phi) is 4.58. The number of thiazole rings is 1. The van der Waals surface area contributed by atoms with Gasteiger partial charge in [-0.1, -0.05) is 5.16 Å². The molecule has 28 heavy (non-hydrogen) atoms. The van der Waals surface area contributed by atoms with Crippen molar-refractivity contribution < 1.29 is 22.5 Å². The Morgan fingerprint density at radius 2 is 2.04 bits per heavy atom. The smallest absolute Gasteiger partial charge is 0.322 e. The van der Waals surface area contributed by atoms with E-state index in [4.69, 9.17) is 4.52 Å². The summed E-state index contributed by atoms with van der Waals surface area (Å²) in [5, 5.41) is 9.23. The maximum Gasteiger partial charge on any atom is 0.322 e. The molecule has 2 aromatic heterocycles. The summed E-state index contributed by atoms with van der Waals surface area (Å²) in [4.78, 5) is 18.6. The van der Waals surface area contributed by atoms with Crippen molar-refractivity contribution in [1.82, 2.24) is 15.0 Å². The number of fused-ring (bicyclic) bond motifs is 1. The molecular weight excluding hydrogens is 393 g/mol. The first-order valence-corrected chi connectivity index (χ1v) is 9.33. The first-order valence-electron chi connectivity index (χ1n) is 8.45. The molecule has 3 heterocycles. The predicted octanol–water partition coefficient (Wildman–Crippen LogP) is 4.50. The summed E-state index contributed by atoms with van der Waals surface area (Å²) in [5.74, 6) is -3.82. The van der Waals surface area contributed by atoms with E-state index < -0.39 is 23.5 Å². The molecule has 1 aliphatic heterocycles. The van der Waals surface area contributed by atoms with Crippen LogP contribution in [0.4, 0.5) is 23.7 Å². The van der Waals surface area contributed by atoms with E-state index in [1.807, 2.05) is 19.2 Å². The van der Waals surface area contributed by atoms with Gasteiger partial charge in [0, 0.05) is 41.2 Å². The van der Waals surface area contributed by atoms with Gasteiger partial charge in [-0.2, -0.15) is 0 Å². The van der Waals surface area contributed by atoms with Gasteiger partial charge in [0.15, 0.2) is 23.2 Å². The third kappa shape index (κ3) is 3.24. The lowest BCUT2D eigenvalue weighted by atomic mass is 9.99. The van der Waals surface area contributed by atoms with Gasteiger partial charge in [0.1, 0.15) is 5.69 Å². The standard InChI is InChI=1S/C18H15F3N4O2S/c1-8-3-14-11(17(27-24-14)15-7-28-9(2)22-15)6-25(8)18(26)23-10-4-12(19)16(21)13(20)5-10/h4-5,7-8H,3,6H2,1-2H3,(H,23,26). The number of rotatable bonds is 2. The lowest BCUT2D eigenvalue weighted by Crippen LogP contribution is -2.44. The summed E-state index contributed by atoms with van der Waals surface area (Å²) in [5.41, 5.74) is 1.97. The first kappa shape index (κ1) is 18.5. The van der Waals surface area contributed by atoms with E-state index in [2.05, 4.69) is 15.5 Å². The van der Waals surface area contributed by atoms with Gasteiger partial charge in [-0.05, 0) is 13.8 Å². The second kappa shape index (κ2) is 6.93. The van der Waals surface area contributed by atoms with Crippen LogP contribution in [0.5, 0.6) is 0 Å². The molecule has 0 spiro atoms. The zero-order valence-corrected chi connectivity index (χ0v) is 15.7. The van der Waals surface area contributed by atoms with E-state index in [1.165, 1.54) is 16.2 Å². The van der Waals surface area contributed by atoms with Crippen LogP contribution in [0.15, 0.2) is 22.0 Å². The molecule has 146 valence electrons. The SMILES string of the molecule is Cc1nc(-c2onc3c2CN(C(=O)Nc2cc(F)c(F)c(F)c2)C(C)C3)cs1. The highest BCUT2D eigenvalue weighted by molar-refractivity contribution is 7.09. The largest absolute Gasteiger partial charge is 0.354 e. The number of hydrogen-bond acceptors (Lipinski definition) is 5. The summed E-state index contributed by atoms with van der Waals surface area (Å²) < 4.78 is 45.4. The molecule has 3 aromatic rings. The minimum atomic E-state index is -1.58. The molecule has 0 aliphatic carbocycles. The normalized spacial score (nSPS) is 16.2. The Morgan fingerprint density at radius 3 is 2.68 bits per heavy atom. The van der Waals surface area contributed by atoms with Crippen molar-refractivity contribution in [3.8, 4) is 11.5 Å². The fourth-order valence-corrected chi connectivity index (χ4v) is 3.74. The van der Waals surface area contributed by atoms with Crippen molar-refractivity contribution >= 4 is 23.1 Å². The summed E-state index contributed by atoms with van der Waals surface area (Å²) in [7, 11) is 0. The van der Waals surface area contributed by atoms with Gasteiger partial charge in [0.05, 0.1) is 17.2 Å². The molecule has 1 aromatic carbocycles. The number of halogens is 3. The summed E-state index contributed by atoms with van der Waals surface area (Å²) in [6.45, 7) is 3.90. The van der Waals surface area contributed by atoms with Gasteiger partial charge < -0.3 is 14.7 Å². The number of anilines is 1. The molecule has 0 saturated heterocycles. The first-order chi connectivity index (χ1) is 13.3. The number of hydrogen-bond donors (Lipinski definition) is 1. The predicted molar refractivity (Wildman–Crippen MR) is 96.4 cm³/mol. The summed E-state index contributed by atoms with van der Waals surface area (Å²) in [6, 6.07) is 0.682. The Balaban J connectivity index is 1.58. The van der Waals surface area contributed by atoms with Crippen molar-refractivity contribution in [3.05, 3.63) is 51.2 Å². The second-order valence-electron chi connectivity index (χ2n) is 6.55. The van der Waals surface area contributed by atoms with E-state index in [9.17, 15) is 18.0 Å². The molecule has 1 unspecified atom stereocenters. The van der Waals surface area contributed by atoms with Crippen molar-refractivity contribution in [2.45, 2.75) is 32.9 Å². The van der Waals surface area contributed by atoms with Crippen LogP contribution in [0.2, 0.25) is 0 Å². The minimum absolute atomic E-state index is 0.167. The van der Waals surface area contributed by atoms with Gasteiger partial charge in [-0.3, -0.25) is 0 Å². The molecular formula is C18H15F3N4O2S. The van der Waals surface area contributed by atoms with Crippen LogP contribution in [0.3, 0.4) is 0 Å². The Hall–Kier alpha value is -2.88. The van der Waals surface area contributed by atoms with Crippen LogP contribution in [-0.2, 0) is 13.0 Å². The van der Waals surface area contributed by atoms with E-state index in [1.54, 1.807) is 0 Å². The second-order valence-corrected chi connectivity index (χ2v) is 7.62. The van der Waals surface area contributed by atoms with Gasteiger partial charge in [-0.15, -0.1) is 11.3 Å². The average Bonchev–Trinajstić information content (AvgIpc) is 3.24. The molecule has 4 rings (SSSR count). The van der Waals surface area contributed by atoms with E-state index in [-0.39, 0.29) is 18.3 Å². The lowest BCUT2D eigenvalue weighted by Gasteiger charge is -2.32. The molecule has 0 bridgehead atoms. The number of amides is 2. The highest BCUT2D eigenvalue weighted by Crippen LogP contribution is 2.33. The summed E-state index contributed by atoms with van der Waals surface area (Å²) in [6.07, 6.45) is 0.460. The number of urea groups is 1. The van der Waals surface area contributed by atoms with Crippen LogP contribution in [0, 0.1) is 24.4 Å². The van der Waals surface area contributed by atoms with E-state index in [0.29, 0.717) is 17.9 Å². The van der Waals surface area contributed by atoms with Crippen molar-refractivity contribution in [1.29, 1.82) is 0 Å². The molecule has 0 fully saturated rings. The van der Waals surface area contributed by atoms with Gasteiger partial charge in [0.25, 0.3) is 0 Å². The van der Waals surface area contributed by atoms with Crippen molar-refractivity contribution in [3.63, 3.8) is 0 Å². The number of carbonyl (C=O) groups excluding carboxylic acids is 1. The zero-order chi connectivity index (χ0) is 20.0. The number of aryl methyl sites for hydroxylation is 1. The molecule has 0 saturated carbocycles. The molecule has 1 N–H and O–H groups in total. The number of nitrogens with zero attached hydrogens (tertiary/aromatic N) is 3.